The monoisotopic (exact) mass is 501 g/mol. The first-order valence-corrected chi connectivity index (χ1v) is 8.63. The number of aromatic nitrogens is 4. The molecular weight excluding hydrogens is 481 g/mol. The predicted molar refractivity (Wildman–Crippen MR) is 115 cm³/mol. The van der Waals surface area contributed by atoms with Crippen molar-refractivity contribution in [2.24, 2.45) is 4.99 Å². The molecule has 1 aromatic carbocycles. The first-order chi connectivity index (χ1) is 12.7. The van der Waals surface area contributed by atoms with Gasteiger partial charge in [0.15, 0.2) is 5.96 Å². The zero-order valence-electron chi connectivity index (χ0n) is 14.8. The molecule has 2 N–H and O–H groups in total. The minimum Gasteiger partial charge on any atom is -0.356 e. The number of aryl methyl sites for hydroxylation is 1. The van der Waals surface area contributed by atoms with Crippen LogP contribution in [0.3, 0.4) is 0 Å². The lowest BCUT2D eigenvalue weighted by Gasteiger charge is -2.10. The molecule has 0 aliphatic heterocycles. The van der Waals surface area contributed by atoms with Gasteiger partial charge in [-0.2, -0.15) is 10.1 Å². The number of hydrogen-bond donors (Lipinski definition) is 2. The third-order valence-electron chi connectivity index (χ3n) is 3.60. The average Bonchev–Trinajstić information content (AvgIpc) is 3.33. The summed E-state index contributed by atoms with van der Waals surface area (Å²) in [5, 5.41) is 15.2. The molecule has 3 aromatic rings. The van der Waals surface area contributed by atoms with Crippen LogP contribution in [0.5, 0.6) is 0 Å². The Kier molecular flexibility index (Phi) is 8.52. The van der Waals surface area contributed by atoms with Crippen molar-refractivity contribution in [1.82, 2.24) is 30.6 Å². The van der Waals surface area contributed by atoms with Crippen molar-refractivity contribution in [3.63, 3.8) is 0 Å². The zero-order chi connectivity index (χ0) is 18.2. The Hall–Kier alpha value is -2.14. The van der Waals surface area contributed by atoms with Crippen LogP contribution >= 0.6 is 35.6 Å². The lowest BCUT2D eigenvalue weighted by molar-refractivity contribution is 0.375. The van der Waals surface area contributed by atoms with Crippen molar-refractivity contribution in [2.45, 2.75) is 19.5 Å². The Bertz CT molecular complexity index is 851. The van der Waals surface area contributed by atoms with Crippen LogP contribution in [0.4, 0.5) is 0 Å². The normalized spacial score (nSPS) is 11.1. The molecule has 0 radical (unpaired) electrons. The van der Waals surface area contributed by atoms with Gasteiger partial charge in [-0.3, -0.25) is 9.67 Å². The lowest BCUT2D eigenvalue weighted by Crippen LogP contribution is -2.37. The average molecular weight is 502 g/mol. The SMILES string of the molecule is CN=C(NCCCn1cccn1)NCc1nc(-c2cccc(Cl)c2)no1.I. The highest BCUT2D eigenvalue weighted by Gasteiger charge is 2.09. The number of aliphatic imine (C=N–C) groups is 1. The van der Waals surface area contributed by atoms with Gasteiger partial charge < -0.3 is 15.2 Å². The van der Waals surface area contributed by atoms with E-state index in [1.54, 1.807) is 25.4 Å². The maximum atomic E-state index is 5.99. The number of guanidine groups is 1. The quantitative estimate of drug-likeness (QED) is 0.224. The number of nitrogens with zero attached hydrogens (tertiary/aromatic N) is 5. The maximum Gasteiger partial charge on any atom is 0.246 e. The second-order valence-electron chi connectivity index (χ2n) is 5.50. The summed E-state index contributed by atoms with van der Waals surface area (Å²) in [5.41, 5.74) is 0.814. The smallest absolute Gasteiger partial charge is 0.246 e. The molecule has 0 saturated heterocycles. The van der Waals surface area contributed by atoms with E-state index in [-0.39, 0.29) is 24.0 Å². The summed E-state index contributed by atoms with van der Waals surface area (Å²) in [4.78, 5) is 8.54. The van der Waals surface area contributed by atoms with E-state index in [0.29, 0.717) is 29.2 Å². The molecule has 0 aliphatic carbocycles. The molecule has 0 aliphatic rings. The van der Waals surface area contributed by atoms with E-state index in [9.17, 15) is 0 Å². The van der Waals surface area contributed by atoms with E-state index < -0.39 is 0 Å². The van der Waals surface area contributed by atoms with Gasteiger partial charge in [-0.25, -0.2) is 0 Å². The highest BCUT2D eigenvalue weighted by atomic mass is 127. The van der Waals surface area contributed by atoms with Crippen molar-refractivity contribution in [1.29, 1.82) is 0 Å². The molecule has 27 heavy (non-hydrogen) atoms. The van der Waals surface area contributed by atoms with E-state index in [4.69, 9.17) is 16.1 Å². The molecule has 8 nitrogen and oxygen atoms in total. The fourth-order valence-electron chi connectivity index (χ4n) is 2.33. The van der Waals surface area contributed by atoms with Crippen LogP contribution in [0.25, 0.3) is 11.4 Å². The predicted octanol–water partition coefficient (Wildman–Crippen LogP) is 2.96. The van der Waals surface area contributed by atoms with Crippen molar-refractivity contribution >= 4 is 41.5 Å². The molecule has 3 rings (SSSR count). The van der Waals surface area contributed by atoms with Gasteiger partial charge in [0.2, 0.25) is 11.7 Å². The van der Waals surface area contributed by atoms with Gasteiger partial charge in [-0.1, -0.05) is 28.9 Å². The van der Waals surface area contributed by atoms with Crippen LogP contribution in [0, 0.1) is 0 Å². The first-order valence-electron chi connectivity index (χ1n) is 8.25. The second-order valence-corrected chi connectivity index (χ2v) is 5.93. The molecule has 0 amide bonds. The molecule has 144 valence electrons. The van der Waals surface area contributed by atoms with E-state index >= 15 is 0 Å². The van der Waals surface area contributed by atoms with Crippen LogP contribution in [0.1, 0.15) is 12.3 Å². The molecule has 0 fully saturated rings. The Morgan fingerprint density at radius 3 is 2.93 bits per heavy atom. The zero-order valence-corrected chi connectivity index (χ0v) is 17.9. The Morgan fingerprint density at radius 2 is 2.19 bits per heavy atom. The molecule has 0 spiro atoms. The van der Waals surface area contributed by atoms with Gasteiger partial charge in [0, 0.05) is 43.1 Å². The van der Waals surface area contributed by atoms with Gasteiger partial charge in [-0.05, 0) is 24.6 Å². The third-order valence-corrected chi connectivity index (χ3v) is 3.83. The summed E-state index contributed by atoms with van der Waals surface area (Å²) >= 11 is 5.99. The summed E-state index contributed by atoms with van der Waals surface area (Å²) in [6.07, 6.45) is 4.65. The lowest BCUT2D eigenvalue weighted by atomic mass is 10.2. The van der Waals surface area contributed by atoms with E-state index in [2.05, 4.69) is 30.9 Å². The molecule has 0 bridgehead atoms. The molecule has 10 heteroatoms. The van der Waals surface area contributed by atoms with Crippen LogP contribution in [-0.2, 0) is 13.1 Å². The van der Waals surface area contributed by atoms with Crippen molar-refractivity contribution < 1.29 is 4.52 Å². The fraction of sp³-hybridized carbons (Fsp3) is 0.294. The van der Waals surface area contributed by atoms with E-state index in [1.807, 2.05) is 29.1 Å². The highest BCUT2D eigenvalue weighted by Crippen LogP contribution is 2.19. The molecule has 0 unspecified atom stereocenters. The second kappa shape index (κ2) is 10.9. The van der Waals surface area contributed by atoms with Crippen LogP contribution < -0.4 is 10.6 Å². The number of benzene rings is 1. The minimum absolute atomic E-state index is 0. The largest absolute Gasteiger partial charge is 0.356 e. The topological polar surface area (TPSA) is 93.2 Å². The summed E-state index contributed by atoms with van der Waals surface area (Å²) in [6.45, 7) is 2.01. The van der Waals surface area contributed by atoms with Crippen LogP contribution in [-0.4, -0.2) is 39.5 Å². The number of hydrogen-bond acceptors (Lipinski definition) is 5. The standard InChI is InChI=1S/C17H20ClN7O.HI/c1-19-17(20-7-3-9-25-10-4-8-22-25)21-12-15-23-16(24-26-15)13-5-2-6-14(18)11-13;/h2,4-6,8,10-11H,3,7,9,12H2,1H3,(H2,19,20,21);1H. The van der Waals surface area contributed by atoms with E-state index in [1.165, 1.54) is 0 Å². The van der Waals surface area contributed by atoms with Gasteiger partial charge in [-0.15, -0.1) is 24.0 Å². The minimum atomic E-state index is 0. The summed E-state index contributed by atoms with van der Waals surface area (Å²) in [6, 6.07) is 9.24. The van der Waals surface area contributed by atoms with Gasteiger partial charge in [0.05, 0.1) is 6.54 Å². The van der Waals surface area contributed by atoms with Gasteiger partial charge in [0.25, 0.3) is 0 Å². The number of rotatable bonds is 7. The van der Waals surface area contributed by atoms with Crippen molar-refractivity contribution in [3.05, 3.63) is 53.6 Å². The maximum absolute atomic E-state index is 5.99. The van der Waals surface area contributed by atoms with Crippen molar-refractivity contribution in [2.75, 3.05) is 13.6 Å². The Morgan fingerprint density at radius 1 is 1.30 bits per heavy atom. The summed E-state index contributed by atoms with van der Waals surface area (Å²) in [7, 11) is 1.72. The van der Waals surface area contributed by atoms with E-state index in [0.717, 1.165) is 25.1 Å². The van der Waals surface area contributed by atoms with Gasteiger partial charge in [0.1, 0.15) is 0 Å². The molecule has 2 heterocycles. The first kappa shape index (κ1) is 21.2. The molecule has 0 saturated carbocycles. The molecule has 2 aromatic heterocycles. The Labute approximate surface area is 179 Å². The van der Waals surface area contributed by atoms with Crippen LogP contribution in [0.2, 0.25) is 5.02 Å². The molecule has 0 atom stereocenters. The fourth-order valence-corrected chi connectivity index (χ4v) is 2.52. The summed E-state index contributed by atoms with van der Waals surface area (Å²) < 4.78 is 7.16. The Balaban J connectivity index is 0.00000261. The molecular formula is C17H21ClIN7O. The van der Waals surface area contributed by atoms with Crippen molar-refractivity contribution in [3.8, 4) is 11.4 Å². The third kappa shape index (κ3) is 6.51. The van der Waals surface area contributed by atoms with Crippen LogP contribution in [0.15, 0.2) is 52.2 Å². The number of nitrogens with one attached hydrogen (secondary N) is 2. The highest BCUT2D eigenvalue weighted by molar-refractivity contribution is 14.0. The number of halogens is 2. The summed E-state index contributed by atoms with van der Waals surface area (Å²) in [5.74, 6) is 1.65. The van der Waals surface area contributed by atoms with Gasteiger partial charge >= 0.3 is 0 Å².